The molecule has 1 atom stereocenters. The van der Waals surface area contributed by atoms with Crippen LogP contribution in [0.3, 0.4) is 0 Å². The van der Waals surface area contributed by atoms with E-state index in [4.69, 9.17) is 4.74 Å². The van der Waals surface area contributed by atoms with Crippen LogP contribution < -0.4 is 5.32 Å². The number of aromatic nitrogens is 1. The summed E-state index contributed by atoms with van der Waals surface area (Å²) in [5.74, 6) is -0.753. The van der Waals surface area contributed by atoms with Gasteiger partial charge in [0.05, 0.1) is 12.1 Å². The van der Waals surface area contributed by atoms with Gasteiger partial charge in [-0.1, -0.05) is 18.2 Å². The minimum Gasteiger partial charge on any atom is -0.478 e. The monoisotopic (exact) mass is 302 g/mol. The minimum atomic E-state index is -1.03. The molecule has 1 fully saturated rings. The zero-order valence-electron chi connectivity index (χ0n) is 12.3. The van der Waals surface area contributed by atoms with E-state index < -0.39 is 11.6 Å². The van der Waals surface area contributed by atoms with Gasteiger partial charge in [-0.3, -0.25) is 0 Å². The van der Waals surface area contributed by atoms with Crippen LogP contribution in [-0.2, 0) is 4.74 Å². The molecule has 1 aliphatic rings. The molecular weight excluding hydrogens is 284 g/mol. The highest BCUT2D eigenvalue weighted by molar-refractivity contribution is 6.01. The van der Waals surface area contributed by atoms with Gasteiger partial charge in [0, 0.05) is 25.0 Å². The first kappa shape index (κ1) is 14.7. The Morgan fingerprint density at radius 3 is 2.91 bits per heavy atom. The molecule has 6 nitrogen and oxygen atoms in total. The predicted molar refractivity (Wildman–Crippen MR) is 82.3 cm³/mol. The molecule has 6 heteroatoms. The van der Waals surface area contributed by atoms with Crippen molar-refractivity contribution in [3.05, 3.63) is 35.4 Å². The van der Waals surface area contributed by atoms with Gasteiger partial charge in [-0.15, -0.1) is 0 Å². The van der Waals surface area contributed by atoms with E-state index in [0.717, 1.165) is 10.9 Å². The minimum absolute atomic E-state index is 0.140. The third-order valence-corrected chi connectivity index (χ3v) is 4.03. The number of nitrogens with one attached hydrogen (secondary N) is 1. The van der Waals surface area contributed by atoms with Crippen molar-refractivity contribution in [1.82, 2.24) is 4.98 Å². The number of ether oxygens (including phenoxy) is 1. The fourth-order valence-electron chi connectivity index (χ4n) is 2.75. The van der Waals surface area contributed by atoms with Crippen molar-refractivity contribution in [2.45, 2.75) is 18.9 Å². The number of para-hydroxylation sites is 1. The molecule has 0 spiro atoms. The van der Waals surface area contributed by atoms with E-state index >= 15 is 0 Å². The summed E-state index contributed by atoms with van der Waals surface area (Å²) in [6.07, 6.45) is 0.523. The first-order valence-electron chi connectivity index (χ1n) is 7.17. The van der Waals surface area contributed by atoms with Crippen LogP contribution in [0, 0.1) is 6.92 Å². The number of aromatic carboxylic acids is 1. The van der Waals surface area contributed by atoms with Gasteiger partial charge in [-0.25, -0.2) is 9.78 Å². The van der Waals surface area contributed by atoms with Crippen molar-refractivity contribution in [2.24, 2.45) is 0 Å². The fourth-order valence-corrected chi connectivity index (χ4v) is 2.75. The number of rotatable bonds is 4. The molecule has 1 unspecified atom stereocenters. The molecule has 0 radical (unpaired) electrons. The smallest absolute Gasteiger partial charge is 0.339 e. The lowest BCUT2D eigenvalue weighted by Crippen LogP contribution is -2.37. The van der Waals surface area contributed by atoms with E-state index in [0.29, 0.717) is 18.6 Å². The molecule has 0 aliphatic carbocycles. The van der Waals surface area contributed by atoms with Crippen LogP contribution in [0.2, 0.25) is 0 Å². The first-order valence-corrected chi connectivity index (χ1v) is 7.17. The fraction of sp³-hybridized carbons (Fsp3) is 0.375. The molecule has 116 valence electrons. The summed E-state index contributed by atoms with van der Waals surface area (Å²) in [5.41, 5.74) is 0.551. The molecule has 3 rings (SSSR count). The average molecular weight is 302 g/mol. The van der Waals surface area contributed by atoms with Crippen molar-refractivity contribution in [3.8, 4) is 0 Å². The zero-order valence-corrected chi connectivity index (χ0v) is 12.3. The van der Waals surface area contributed by atoms with E-state index in [-0.39, 0.29) is 24.5 Å². The van der Waals surface area contributed by atoms with Crippen molar-refractivity contribution in [2.75, 3.05) is 25.1 Å². The Morgan fingerprint density at radius 1 is 1.45 bits per heavy atom. The van der Waals surface area contributed by atoms with E-state index in [1.54, 1.807) is 6.92 Å². The summed E-state index contributed by atoms with van der Waals surface area (Å²) in [4.78, 5) is 16.0. The lowest BCUT2D eigenvalue weighted by Gasteiger charge is -2.22. The second-order valence-electron chi connectivity index (χ2n) is 5.66. The lowest BCUT2D eigenvalue weighted by molar-refractivity contribution is 0.0380. The number of benzene rings is 1. The summed E-state index contributed by atoms with van der Waals surface area (Å²) < 4.78 is 5.19. The average Bonchev–Trinajstić information content (AvgIpc) is 2.92. The second kappa shape index (κ2) is 5.55. The summed E-state index contributed by atoms with van der Waals surface area (Å²) >= 11 is 0. The van der Waals surface area contributed by atoms with Crippen LogP contribution in [0.25, 0.3) is 10.9 Å². The number of nitrogens with zero attached hydrogens (tertiary/aromatic N) is 1. The highest BCUT2D eigenvalue weighted by atomic mass is 16.5. The summed E-state index contributed by atoms with van der Waals surface area (Å²) in [6, 6.07) is 7.41. The Kier molecular flexibility index (Phi) is 3.72. The van der Waals surface area contributed by atoms with E-state index in [9.17, 15) is 15.0 Å². The van der Waals surface area contributed by atoms with Crippen molar-refractivity contribution < 1.29 is 19.7 Å². The topological polar surface area (TPSA) is 91.7 Å². The molecule has 22 heavy (non-hydrogen) atoms. The van der Waals surface area contributed by atoms with Crippen LogP contribution in [0.4, 0.5) is 5.82 Å². The quantitative estimate of drug-likeness (QED) is 0.797. The molecule has 0 bridgehead atoms. The van der Waals surface area contributed by atoms with Gasteiger partial charge in [-0.05, 0) is 18.6 Å². The van der Waals surface area contributed by atoms with Crippen molar-refractivity contribution in [1.29, 1.82) is 0 Å². The van der Waals surface area contributed by atoms with Crippen LogP contribution in [0.15, 0.2) is 24.3 Å². The van der Waals surface area contributed by atoms with Gasteiger partial charge in [0.25, 0.3) is 0 Å². The Bertz CT molecular complexity index is 723. The number of hydrogen-bond donors (Lipinski definition) is 3. The maximum atomic E-state index is 11.6. The van der Waals surface area contributed by atoms with Crippen LogP contribution in [0.1, 0.15) is 22.3 Å². The molecule has 0 amide bonds. The summed E-state index contributed by atoms with van der Waals surface area (Å²) in [5, 5.41) is 23.6. The number of hydrogen-bond acceptors (Lipinski definition) is 5. The van der Waals surface area contributed by atoms with E-state index in [1.807, 2.05) is 24.3 Å². The molecule has 1 aromatic carbocycles. The van der Waals surface area contributed by atoms with Gasteiger partial charge < -0.3 is 20.3 Å². The molecule has 2 aromatic rings. The van der Waals surface area contributed by atoms with Gasteiger partial charge in [0.1, 0.15) is 17.0 Å². The molecule has 2 heterocycles. The summed E-state index contributed by atoms with van der Waals surface area (Å²) in [7, 11) is 0. The standard InChI is InChI=1S/C16H18N2O4/c1-10-11-4-2-3-5-12(11)18-14(13(10)15(19)20)17-8-16(21)6-7-22-9-16/h2-5,21H,6-9H2,1H3,(H,17,18)(H,19,20). The molecule has 1 aliphatic heterocycles. The number of fused-ring (bicyclic) bond motifs is 1. The molecule has 0 saturated carbocycles. The largest absolute Gasteiger partial charge is 0.478 e. The maximum absolute atomic E-state index is 11.6. The molecule has 3 N–H and O–H groups in total. The van der Waals surface area contributed by atoms with Crippen LogP contribution >= 0.6 is 0 Å². The number of carboxylic acid groups (broad SMARTS) is 1. The normalized spacial score (nSPS) is 21.2. The number of carbonyl (C=O) groups is 1. The predicted octanol–water partition coefficient (Wildman–Crippen LogP) is 1.80. The molecular formula is C16H18N2O4. The number of carboxylic acids is 1. The van der Waals surface area contributed by atoms with Crippen molar-refractivity contribution in [3.63, 3.8) is 0 Å². The van der Waals surface area contributed by atoms with Gasteiger partial charge in [0.15, 0.2) is 0 Å². The first-order chi connectivity index (χ1) is 10.5. The highest BCUT2D eigenvalue weighted by Gasteiger charge is 2.32. The highest BCUT2D eigenvalue weighted by Crippen LogP contribution is 2.27. The second-order valence-corrected chi connectivity index (χ2v) is 5.66. The van der Waals surface area contributed by atoms with Crippen LogP contribution in [-0.4, -0.2) is 46.5 Å². The third kappa shape index (κ3) is 2.63. The SMILES string of the molecule is Cc1c(C(=O)O)c(NCC2(O)CCOC2)nc2ccccc12. The number of aryl methyl sites for hydroxylation is 1. The number of pyridine rings is 1. The Morgan fingerprint density at radius 2 is 2.23 bits per heavy atom. The van der Waals surface area contributed by atoms with Crippen molar-refractivity contribution >= 4 is 22.7 Å². The van der Waals surface area contributed by atoms with Gasteiger partial charge >= 0.3 is 5.97 Å². The van der Waals surface area contributed by atoms with Gasteiger partial charge in [0.2, 0.25) is 0 Å². The van der Waals surface area contributed by atoms with E-state index in [1.165, 1.54) is 0 Å². The Hall–Kier alpha value is -2.18. The summed E-state index contributed by atoms with van der Waals surface area (Å²) in [6.45, 7) is 2.73. The zero-order chi connectivity index (χ0) is 15.7. The molecule has 1 saturated heterocycles. The lowest BCUT2D eigenvalue weighted by atomic mass is 10.0. The molecule has 1 aromatic heterocycles. The Balaban J connectivity index is 2.00. The maximum Gasteiger partial charge on any atom is 0.339 e. The Labute approximate surface area is 127 Å². The van der Waals surface area contributed by atoms with Crippen LogP contribution in [0.5, 0.6) is 0 Å². The number of anilines is 1. The van der Waals surface area contributed by atoms with Gasteiger partial charge in [-0.2, -0.15) is 0 Å². The third-order valence-electron chi connectivity index (χ3n) is 4.03. The van der Waals surface area contributed by atoms with E-state index in [2.05, 4.69) is 10.3 Å². The number of aliphatic hydroxyl groups is 1.